The van der Waals surface area contributed by atoms with Gasteiger partial charge >= 0.3 is 0 Å². The summed E-state index contributed by atoms with van der Waals surface area (Å²) in [5.41, 5.74) is 0.348. The van der Waals surface area contributed by atoms with Crippen LogP contribution in [-0.4, -0.2) is 18.2 Å². The van der Waals surface area contributed by atoms with Crippen molar-refractivity contribution >= 4 is 27.0 Å². The van der Waals surface area contributed by atoms with E-state index < -0.39 is 21.7 Å². The maximum Gasteiger partial charge on any atom is 0.271 e. The van der Waals surface area contributed by atoms with Gasteiger partial charge in [0.2, 0.25) is 0 Å². The van der Waals surface area contributed by atoms with Gasteiger partial charge in [-0.1, -0.05) is 0 Å². The first-order valence-corrected chi connectivity index (χ1v) is 9.81. The summed E-state index contributed by atoms with van der Waals surface area (Å²) in [7, 11) is -4.05. The second-order valence-corrected chi connectivity index (χ2v) is 8.08. The summed E-state index contributed by atoms with van der Waals surface area (Å²) in [6.07, 6.45) is 0. The molecule has 0 amide bonds. The van der Waals surface area contributed by atoms with Crippen molar-refractivity contribution in [3.8, 4) is 11.3 Å². The van der Waals surface area contributed by atoms with Crippen LogP contribution in [-0.2, 0) is 16.6 Å². The molecule has 2 aromatic heterocycles. The molecule has 1 aromatic carbocycles. The third-order valence-electron chi connectivity index (χ3n) is 3.48. The minimum atomic E-state index is -4.05. The molecule has 0 saturated carbocycles. The van der Waals surface area contributed by atoms with Crippen LogP contribution in [0.15, 0.2) is 50.8 Å². The summed E-state index contributed by atoms with van der Waals surface area (Å²) in [4.78, 5) is 11.6. The number of sulfonamides is 1. The van der Waals surface area contributed by atoms with E-state index in [1.165, 1.54) is 22.9 Å². The van der Waals surface area contributed by atoms with E-state index in [1.54, 1.807) is 12.3 Å². The van der Waals surface area contributed by atoms with Crippen molar-refractivity contribution in [2.24, 2.45) is 0 Å². The lowest BCUT2D eigenvalue weighted by Crippen LogP contribution is -2.20. The van der Waals surface area contributed by atoms with Gasteiger partial charge in [-0.3, -0.25) is 9.52 Å². The molecule has 26 heavy (non-hydrogen) atoms. The summed E-state index contributed by atoms with van der Waals surface area (Å²) < 4.78 is 54.8. The Morgan fingerprint density at radius 2 is 1.96 bits per heavy atom. The Morgan fingerprint density at radius 1 is 1.19 bits per heavy atom. The highest BCUT2D eigenvalue weighted by Gasteiger charge is 2.20. The molecule has 2 heterocycles. The zero-order chi connectivity index (χ0) is 18.9. The standard InChI is InChI=1S/C16H13F2N3O3S2/c1-2-21-15(22)6-5-13(19-21)10-7-16(25-9-10)26(23,24)20-14-4-3-11(17)8-12(14)18/h3-9,20H,2H2,1H3. The number of anilines is 1. The van der Waals surface area contributed by atoms with Crippen LogP contribution in [0.1, 0.15) is 6.92 Å². The molecule has 0 aliphatic rings. The summed E-state index contributed by atoms with van der Waals surface area (Å²) >= 11 is 0.923. The molecule has 136 valence electrons. The predicted octanol–water partition coefficient (Wildman–Crippen LogP) is 3.07. The van der Waals surface area contributed by atoms with E-state index in [9.17, 15) is 22.0 Å². The molecule has 6 nitrogen and oxygen atoms in total. The minimum absolute atomic E-state index is 0.0627. The number of thiophene rings is 1. The van der Waals surface area contributed by atoms with E-state index in [0.29, 0.717) is 23.9 Å². The molecule has 0 bridgehead atoms. The quantitative estimate of drug-likeness (QED) is 0.717. The highest BCUT2D eigenvalue weighted by Crippen LogP contribution is 2.29. The molecule has 3 aromatic rings. The molecule has 0 spiro atoms. The fourth-order valence-electron chi connectivity index (χ4n) is 2.19. The number of hydrogen-bond donors (Lipinski definition) is 1. The molecular formula is C16H13F2N3O3S2. The van der Waals surface area contributed by atoms with Gasteiger partial charge in [-0.05, 0) is 31.2 Å². The summed E-state index contributed by atoms with van der Waals surface area (Å²) in [5.74, 6) is -1.82. The zero-order valence-electron chi connectivity index (χ0n) is 13.4. The van der Waals surface area contributed by atoms with Crippen molar-refractivity contribution in [2.45, 2.75) is 17.7 Å². The number of nitrogens with zero attached hydrogens (tertiary/aromatic N) is 2. The van der Waals surface area contributed by atoms with Crippen molar-refractivity contribution < 1.29 is 17.2 Å². The molecule has 0 unspecified atom stereocenters. The van der Waals surface area contributed by atoms with Crippen LogP contribution >= 0.6 is 11.3 Å². The Hall–Kier alpha value is -2.59. The normalized spacial score (nSPS) is 11.5. The molecule has 0 radical (unpaired) electrons. The fraction of sp³-hybridized carbons (Fsp3) is 0.125. The third kappa shape index (κ3) is 3.65. The van der Waals surface area contributed by atoms with Gasteiger partial charge in [0, 0.05) is 29.6 Å². The number of benzene rings is 1. The van der Waals surface area contributed by atoms with Crippen LogP contribution in [0.2, 0.25) is 0 Å². The zero-order valence-corrected chi connectivity index (χ0v) is 15.1. The van der Waals surface area contributed by atoms with E-state index in [4.69, 9.17) is 0 Å². The van der Waals surface area contributed by atoms with Crippen molar-refractivity contribution in [1.29, 1.82) is 0 Å². The van der Waals surface area contributed by atoms with Gasteiger partial charge in [0.05, 0.1) is 11.4 Å². The summed E-state index contributed by atoms with van der Waals surface area (Å²) in [5, 5.41) is 5.73. The molecule has 0 atom stereocenters. The number of rotatable bonds is 5. The van der Waals surface area contributed by atoms with Crippen LogP contribution in [0.5, 0.6) is 0 Å². The van der Waals surface area contributed by atoms with Gasteiger partial charge in [0.25, 0.3) is 15.6 Å². The van der Waals surface area contributed by atoms with Gasteiger partial charge in [-0.15, -0.1) is 11.3 Å². The lowest BCUT2D eigenvalue weighted by Gasteiger charge is -2.07. The largest absolute Gasteiger partial charge is 0.276 e. The topological polar surface area (TPSA) is 81.1 Å². The first-order valence-electron chi connectivity index (χ1n) is 7.45. The van der Waals surface area contributed by atoms with E-state index in [2.05, 4.69) is 9.82 Å². The Morgan fingerprint density at radius 3 is 2.65 bits per heavy atom. The van der Waals surface area contributed by atoms with Gasteiger partial charge in [0.1, 0.15) is 15.8 Å². The Balaban J connectivity index is 1.92. The molecular weight excluding hydrogens is 384 g/mol. The van der Waals surface area contributed by atoms with Gasteiger partial charge in [-0.2, -0.15) is 5.10 Å². The van der Waals surface area contributed by atoms with Crippen molar-refractivity contribution in [1.82, 2.24) is 9.78 Å². The second kappa shape index (κ2) is 6.96. The van der Waals surface area contributed by atoms with Gasteiger partial charge in [-0.25, -0.2) is 21.9 Å². The van der Waals surface area contributed by atoms with E-state index in [1.807, 2.05) is 0 Å². The lowest BCUT2D eigenvalue weighted by atomic mass is 10.2. The molecule has 1 N–H and O–H groups in total. The number of aromatic nitrogens is 2. The number of halogens is 2. The average molecular weight is 397 g/mol. The Labute approximate surface area is 151 Å². The maximum atomic E-state index is 13.7. The molecule has 0 aliphatic carbocycles. The highest BCUT2D eigenvalue weighted by atomic mass is 32.2. The molecule has 0 fully saturated rings. The van der Waals surface area contributed by atoms with Crippen molar-refractivity contribution in [2.75, 3.05) is 4.72 Å². The monoisotopic (exact) mass is 397 g/mol. The first-order chi connectivity index (χ1) is 12.3. The average Bonchev–Trinajstić information content (AvgIpc) is 3.09. The summed E-state index contributed by atoms with van der Waals surface area (Å²) in [6.45, 7) is 2.15. The Bertz CT molecular complexity index is 1120. The number of aryl methyl sites for hydroxylation is 1. The number of hydrogen-bond acceptors (Lipinski definition) is 5. The van der Waals surface area contributed by atoms with E-state index in [-0.39, 0.29) is 15.5 Å². The van der Waals surface area contributed by atoms with E-state index in [0.717, 1.165) is 23.5 Å². The minimum Gasteiger partial charge on any atom is -0.276 e. The van der Waals surface area contributed by atoms with Gasteiger partial charge in [0.15, 0.2) is 0 Å². The van der Waals surface area contributed by atoms with Crippen LogP contribution in [0.25, 0.3) is 11.3 Å². The predicted molar refractivity (Wildman–Crippen MR) is 94.7 cm³/mol. The van der Waals surface area contributed by atoms with Crippen LogP contribution in [0.4, 0.5) is 14.5 Å². The molecule has 0 aliphatic heterocycles. The highest BCUT2D eigenvalue weighted by molar-refractivity contribution is 7.94. The van der Waals surface area contributed by atoms with Gasteiger partial charge < -0.3 is 0 Å². The second-order valence-electron chi connectivity index (χ2n) is 5.26. The van der Waals surface area contributed by atoms with Crippen LogP contribution < -0.4 is 10.3 Å². The number of nitrogens with one attached hydrogen (secondary N) is 1. The third-order valence-corrected chi connectivity index (χ3v) is 6.28. The van der Waals surface area contributed by atoms with Crippen molar-refractivity contribution in [3.05, 3.63) is 63.8 Å². The smallest absolute Gasteiger partial charge is 0.271 e. The lowest BCUT2D eigenvalue weighted by molar-refractivity contribution is 0.583. The van der Waals surface area contributed by atoms with Crippen molar-refractivity contribution in [3.63, 3.8) is 0 Å². The Kier molecular flexibility index (Phi) is 4.88. The van der Waals surface area contributed by atoms with E-state index >= 15 is 0 Å². The molecule has 10 heteroatoms. The molecule has 3 rings (SSSR count). The summed E-state index contributed by atoms with van der Waals surface area (Å²) in [6, 6.07) is 6.79. The fourth-order valence-corrected chi connectivity index (χ4v) is 4.43. The maximum absolute atomic E-state index is 13.7. The molecule has 0 saturated heterocycles. The van der Waals surface area contributed by atoms with Crippen LogP contribution in [0.3, 0.4) is 0 Å². The van der Waals surface area contributed by atoms with Crippen LogP contribution in [0, 0.1) is 11.6 Å². The SMILES string of the molecule is CCn1nc(-c2csc(S(=O)(=O)Nc3ccc(F)cc3F)c2)ccc1=O. The first kappa shape index (κ1) is 18.2.